The van der Waals surface area contributed by atoms with Crippen molar-refractivity contribution in [3.63, 3.8) is 0 Å². The van der Waals surface area contributed by atoms with Crippen molar-refractivity contribution in [2.75, 3.05) is 13.2 Å². The molecule has 3 aromatic rings. The van der Waals surface area contributed by atoms with E-state index < -0.39 is 6.04 Å². The summed E-state index contributed by atoms with van der Waals surface area (Å²) >= 11 is 9.60. The number of nitrogens with zero attached hydrogens (tertiary/aromatic N) is 1. The molecule has 0 spiro atoms. The van der Waals surface area contributed by atoms with Crippen molar-refractivity contribution < 1.29 is 18.7 Å². The molecule has 5 nitrogen and oxygen atoms in total. The number of rotatable bonds is 11. The van der Waals surface area contributed by atoms with Crippen molar-refractivity contribution in [3.05, 3.63) is 99.2 Å². The summed E-state index contributed by atoms with van der Waals surface area (Å²) in [5.74, 6) is -0.418. The van der Waals surface area contributed by atoms with Gasteiger partial charge in [-0.15, -0.1) is 0 Å². The standard InChI is InChI=1S/C28H29BrClFN2O3/c1-19(2)16-32-28(35)25(14-20-6-4-3-5-7-20)33(17-21-8-11-23(31)12-9-21)27(34)18-36-26-13-10-22(29)15-24(26)30/h3-13,15,19,25H,14,16-18H2,1-2H3,(H,32,35). The van der Waals surface area contributed by atoms with Crippen LogP contribution in [0.25, 0.3) is 0 Å². The molecule has 0 radical (unpaired) electrons. The van der Waals surface area contributed by atoms with Gasteiger partial charge in [0.05, 0.1) is 5.02 Å². The van der Waals surface area contributed by atoms with Crippen molar-refractivity contribution in [2.45, 2.75) is 32.9 Å². The van der Waals surface area contributed by atoms with Gasteiger partial charge in [-0.2, -0.15) is 0 Å². The van der Waals surface area contributed by atoms with E-state index in [2.05, 4.69) is 21.2 Å². The van der Waals surface area contributed by atoms with E-state index in [4.69, 9.17) is 16.3 Å². The molecular weight excluding hydrogens is 547 g/mol. The fourth-order valence-electron chi connectivity index (χ4n) is 3.58. The van der Waals surface area contributed by atoms with Gasteiger partial charge in [0, 0.05) is 24.0 Å². The highest BCUT2D eigenvalue weighted by Crippen LogP contribution is 2.28. The summed E-state index contributed by atoms with van der Waals surface area (Å²) in [4.78, 5) is 28.4. The van der Waals surface area contributed by atoms with Gasteiger partial charge < -0.3 is 15.0 Å². The highest BCUT2D eigenvalue weighted by molar-refractivity contribution is 9.10. The van der Waals surface area contributed by atoms with Crippen molar-refractivity contribution in [3.8, 4) is 5.75 Å². The molecule has 1 unspecified atom stereocenters. The lowest BCUT2D eigenvalue weighted by molar-refractivity contribution is -0.142. The third-order valence-electron chi connectivity index (χ3n) is 5.47. The fraction of sp³-hybridized carbons (Fsp3) is 0.286. The zero-order valence-corrected chi connectivity index (χ0v) is 22.6. The molecule has 3 aromatic carbocycles. The number of hydrogen-bond acceptors (Lipinski definition) is 3. The van der Waals surface area contributed by atoms with E-state index in [1.165, 1.54) is 17.0 Å². The summed E-state index contributed by atoms with van der Waals surface area (Å²) in [7, 11) is 0. The number of amides is 2. The number of carbonyl (C=O) groups is 2. The first kappa shape index (κ1) is 27.7. The molecule has 3 rings (SSSR count). The van der Waals surface area contributed by atoms with Gasteiger partial charge in [0.1, 0.15) is 17.6 Å². The number of hydrogen-bond donors (Lipinski definition) is 1. The molecule has 1 N–H and O–H groups in total. The first-order chi connectivity index (χ1) is 17.2. The summed E-state index contributed by atoms with van der Waals surface area (Å²) in [5.41, 5.74) is 1.61. The topological polar surface area (TPSA) is 58.6 Å². The maximum atomic E-state index is 13.5. The van der Waals surface area contributed by atoms with Gasteiger partial charge in [0.15, 0.2) is 6.61 Å². The normalized spacial score (nSPS) is 11.7. The van der Waals surface area contributed by atoms with Crippen LogP contribution in [-0.2, 0) is 22.6 Å². The monoisotopic (exact) mass is 574 g/mol. The second-order valence-corrected chi connectivity index (χ2v) is 10.2. The van der Waals surface area contributed by atoms with Crippen LogP contribution in [0.4, 0.5) is 4.39 Å². The Kier molecular flexibility index (Phi) is 10.3. The Balaban J connectivity index is 1.90. The summed E-state index contributed by atoms with van der Waals surface area (Å²) in [5, 5.41) is 3.32. The molecule has 0 fully saturated rings. The van der Waals surface area contributed by atoms with Crippen molar-refractivity contribution >= 4 is 39.3 Å². The molecule has 0 bridgehead atoms. The van der Waals surface area contributed by atoms with E-state index in [1.54, 1.807) is 30.3 Å². The fourth-order valence-corrected chi connectivity index (χ4v) is 4.31. The van der Waals surface area contributed by atoms with Gasteiger partial charge in [0.25, 0.3) is 5.91 Å². The molecule has 1 atom stereocenters. The molecule has 0 aliphatic heterocycles. The summed E-state index contributed by atoms with van der Waals surface area (Å²) in [6.07, 6.45) is 0.316. The SMILES string of the molecule is CC(C)CNC(=O)C(Cc1ccccc1)N(Cc1ccc(F)cc1)C(=O)COc1ccc(Br)cc1Cl. The van der Waals surface area contributed by atoms with Gasteiger partial charge in [0.2, 0.25) is 5.91 Å². The molecule has 0 saturated heterocycles. The Labute approximate surface area is 224 Å². The Hall–Kier alpha value is -2.90. The summed E-state index contributed by atoms with van der Waals surface area (Å²) in [6.45, 7) is 4.29. The lowest BCUT2D eigenvalue weighted by atomic mass is 10.0. The van der Waals surface area contributed by atoms with Crippen molar-refractivity contribution in [1.82, 2.24) is 10.2 Å². The molecule has 0 aromatic heterocycles. The molecule has 36 heavy (non-hydrogen) atoms. The van der Waals surface area contributed by atoms with Gasteiger partial charge >= 0.3 is 0 Å². The van der Waals surface area contributed by atoms with Crippen LogP contribution in [0.2, 0.25) is 5.02 Å². The Bertz CT molecular complexity index is 1160. The van der Waals surface area contributed by atoms with E-state index in [9.17, 15) is 14.0 Å². The van der Waals surface area contributed by atoms with Crippen LogP contribution in [0.15, 0.2) is 77.3 Å². The first-order valence-corrected chi connectivity index (χ1v) is 12.8. The van der Waals surface area contributed by atoms with Gasteiger partial charge in [-0.25, -0.2) is 4.39 Å². The van der Waals surface area contributed by atoms with Crippen molar-refractivity contribution in [1.29, 1.82) is 0 Å². The van der Waals surface area contributed by atoms with E-state index in [0.29, 0.717) is 29.3 Å². The zero-order chi connectivity index (χ0) is 26.1. The predicted octanol–water partition coefficient (Wildman–Crippen LogP) is 6.03. The number of benzene rings is 3. The molecule has 0 aliphatic rings. The smallest absolute Gasteiger partial charge is 0.261 e. The van der Waals surface area contributed by atoms with E-state index in [-0.39, 0.29) is 36.7 Å². The largest absolute Gasteiger partial charge is 0.482 e. The maximum absolute atomic E-state index is 13.5. The second kappa shape index (κ2) is 13.4. The van der Waals surface area contributed by atoms with Crippen LogP contribution in [0.1, 0.15) is 25.0 Å². The average molecular weight is 576 g/mol. The predicted molar refractivity (Wildman–Crippen MR) is 143 cm³/mol. The highest BCUT2D eigenvalue weighted by Gasteiger charge is 2.31. The minimum atomic E-state index is -0.798. The molecule has 8 heteroatoms. The Morgan fingerprint density at radius 1 is 1.03 bits per heavy atom. The number of nitrogens with one attached hydrogen (secondary N) is 1. The van der Waals surface area contributed by atoms with Crippen LogP contribution in [0, 0.1) is 11.7 Å². The van der Waals surface area contributed by atoms with E-state index in [0.717, 1.165) is 10.0 Å². The van der Waals surface area contributed by atoms with Crippen LogP contribution < -0.4 is 10.1 Å². The van der Waals surface area contributed by atoms with E-state index >= 15 is 0 Å². The molecule has 190 valence electrons. The quantitative estimate of drug-likeness (QED) is 0.304. The third-order valence-corrected chi connectivity index (χ3v) is 6.26. The molecule has 2 amide bonds. The summed E-state index contributed by atoms with van der Waals surface area (Å²) < 4.78 is 20.0. The lowest BCUT2D eigenvalue weighted by Crippen LogP contribution is -2.52. The first-order valence-electron chi connectivity index (χ1n) is 11.7. The number of halogens is 3. The average Bonchev–Trinajstić information content (AvgIpc) is 2.85. The minimum absolute atomic E-state index is 0.114. The van der Waals surface area contributed by atoms with Gasteiger partial charge in [-0.1, -0.05) is 83.8 Å². The zero-order valence-electron chi connectivity index (χ0n) is 20.2. The number of carbonyl (C=O) groups excluding carboxylic acids is 2. The summed E-state index contributed by atoms with van der Waals surface area (Å²) in [6, 6.07) is 19.7. The van der Waals surface area contributed by atoms with Gasteiger partial charge in [-0.3, -0.25) is 9.59 Å². The molecule has 0 heterocycles. The van der Waals surface area contributed by atoms with Crippen molar-refractivity contribution in [2.24, 2.45) is 5.92 Å². The highest BCUT2D eigenvalue weighted by atomic mass is 79.9. The lowest BCUT2D eigenvalue weighted by Gasteiger charge is -2.31. The number of ether oxygens (including phenoxy) is 1. The molecular formula is C28H29BrClFN2O3. The van der Waals surface area contributed by atoms with Crippen LogP contribution in [0.3, 0.4) is 0 Å². The molecule has 0 aliphatic carbocycles. The Morgan fingerprint density at radius 2 is 1.72 bits per heavy atom. The third kappa shape index (κ3) is 8.35. The van der Waals surface area contributed by atoms with Gasteiger partial charge in [-0.05, 0) is 47.4 Å². The van der Waals surface area contributed by atoms with Crippen LogP contribution in [0.5, 0.6) is 5.75 Å². The van der Waals surface area contributed by atoms with Crippen LogP contribution >= 0.6 is 27.5 Å². The Morgan fingerprint density at radius 3 is 2.36 bits per heavy atom. The minimum Gasteiger partial charge on any atom is -0.482 e. The van der Waals surface area contributed by atoms with Crippen LogP contribution in [-0.4, -0.2) is 35.9 Å². The van der Waals surface area contributed by atoms with E-state index in [1.807, 2.05) is 44.2 Å². The molecule has 0 saturated carbocycles. The second-order valence-electron chi connectivity index (χ2n) is 8.86. The maximum Gasteiger partial charge on any atom is 0.261 e.